The minimum atomic E-state index is -0.446. The van der Waals surface area contributed by atoms with Crippen molar-refractivity contribution >= 4 is 22.0 Å². The monoisotopic (exact) mass is 279 g/mol. The molecule has 0 spiro atoms. The third kappa shape index (κ3) is 6.77. The lowest BCUT2D eigenvalue weighted by molar-refractivity contribution is 0.0475. The van der Waals surface area contributed by atoms with Gasteiger partial charge in [0.05, 0.1) is 0 Å². The molecule has 0 aromatic heterocycles. The highest BCUT2D eigenvalue weighted by atomic mass is 79.9. The summed E-state index contributed by atoms with van der Waals surface area (Å²) < 4.78 is 5.19. The van der Waals surface area contributed by atoms with E-state index in [2.05, 4.69) is 42.0 Å². The predicted molar refractivity (Wildman–Crippen MR) is 66.4 cm³/mol. The summed E-state index contributed by atoms with van der Waals surface area (Å²) in [4.78, 5) is 11.5. The van der Waals surface area contributed by atoms with Gasteiger partial charge in [0, 0.05) is 11.4 Å². The molecule has 1 atom stereocenters. The zero-order valence-corrected chi connectivity index (χ0v) is 12.1. The number of amides is 1. The van der Waals surface area contributed by atoms with E-state index >= 15 is 0 Å². The van der Waals surface area contributed by atoms with E-state index in [0.29, 0.717) is 0 Å². The Bertz CT molecular complexity index is 216. The van der Waals surface area contributed by atoms with Gasteiger partial charge in [0.2, 0.25) is 0 Å². The van der Waals surface area contributed by atoms with E-state index in [4.69, 9.17) is 4.74 Å². The molecule has 0 heterocycles. The van der Waals surface area contributed by atoms with Crippen LogP contribution in [0.1, 0.15) is 41.5 Å². The number of carbonyl (C=O) groups excluding carboxylic acids is 1. The molecule has 0 aromatic carbocycles. The average Bonchev–Trinajstić information content (AvgIpc) is 1.94. The van der Waals surface area contributed by atoms with Crippen LogP contribution in [-0.2, 0) is 4.74 Å². The zero-order chi connectivity index (χ0) is 12.3. The molecular formula is C11H22BrNO2. The fourth-order valence-electron chi connectivity index (χ4n) is 0.936. The van der Waals surface area contributed by atoms with Gasteiger partial charge >= 0.3 is 6.09 Å². The fourth-order valence-corrected chi connectivity index (χ4v) is 2.07. The van der Waals surface area contributed by atoms with Crippen LogP contribution in [0.3, 0.4) is 0 Å². The summed E-state index contributed by atoms with van der Waals surface area (Å²) in [7, 11) is 0. The van der Waals surface area contributed by atoms with Gasteiger partial charge in [0.15, 0.2) is 0 Å². The van der Waals surface area contributed by atoms with Gasteiger partial charge in [0.1, 0.15) is 5.60 Å². The van der Waals surface area contributed by atoms with E-state index in [1.807, 2.05) is 20.8 Å². The minimum Gasteiger partial charge on any atom is -0.444 e. The Labute approximate surface area is 101 Å². The van der Waals surface area contributed by atoms with Crippen LogP contribution in [-0.4, -0.2) is 23.1 Å². The van der Waals surface area contributed by atoms with E-state index in [1.54, 1.807) is 0 Å². The molecule has 0 aliphatic carbocycles. The average molecular weight is 280 g/mol. The lowest BCUT2D eigenvalue weighted by atomic mass is 9.88. The van der Waals surface area contributed by atoms with Gasteiger partial charge in [-0.25, -0.2) is 4.79 Å². The van der Waals surface area contributed by atoms with Crippen LogP contribution in [0.2, 0.25) is 0 Å². The molecule has 1 amide bonds. The van der Waals surface area contributed by atoms with Gasteiger partial charge in [-0.3, -0.25) is 0 Å². The van der Waals surface area contributed by atoms with Crippen molar-refractivity contribution in [3.63, 3.8) is 0 Å². The largest absolute Gasteiger partial charge is 0.444 e. The van der Waals surface area contributed by atoms with Crippen LogP contribution in [0.15, 0.2) is 0 Å². The predicted octanol–water partition coefficient (Wildman–Crippen LogP) is 3.32. The summed E-state index contributed by atoms with van der Waals surface area (Å²) in [5.41, 5.74) is -0.431. The molecule has 0 aliphatic heterocycles. The number of hydrogen-bond acceptors (Lipinski definition) is 2. The SMILES string of the molecule is CC(C)(C)OC(=O)NC(CBr)C(C)(C)C. The normalized spacial score (nSPS) is 14.6. The number of rotatable bonds is 2. The Balaban J connectivity index is 4.27. The summed E-state index contributed by atoms with van der Waals surface area (Å²) in [6.45, 7) is 11.8. The second-order valence-corrected chi connectivity index (χ2v) is 6.37. The Morgan fingerprint density at radius 3 is 2.00 bits per heavy atom. The quantitative estimate of drug-likeness (QED) is 0.788. The van der Waals surface area contributed by atoms with Gasteiger partial charge in [-0.2, -0.15) is 0 Å². The molecule has 4 heteroatoms. The molecule has 1 unspecified atom stereocenters. The highest BCUT2D eigenvalue weighted by Crippen LogP contribution is 2.21. The Hall–Kier alpha value is -0.250. The molecule has 15 heavy (non-hydrogen) atoms. The second kappa shape index (κ2) is 5.19. The van der Waals surface area contributed by atoms with Gasteiger partial charge in [-0.1, -0.05) is 36.7 Å². The van der Waals surface area contributed by atoms with E-state index in [9.17, 15) is 4.79 Å². The molecule has 3 nitrogen and oxygen atoms in total. The van der Waals surface area contributed by atoms with Crippen LogP contribution in [0.5, 0.6) is 0 Å². The van der Waals surface area contributed by atoms with E-state index < -0.39 is 5.60 Å². The zero-order valence-electron chi connectivity index (χ0n) is 10.5. The molecule has 0 saturated heterocycles. The first-order valence-electron chi connectivity index (χ1n) is 5.12. The lowest BCUT2D eigenvalue weighted by Gasteiger charge is -2.31. The first-order chi connectivity index (χ1) is 6.56. The molecule has 0 rings (SSSR count). The van der Waals surface area contributed by atoms with Crippen molar-refractivity contribution in [2.75, 3.05) is 5.33 Å². The summed E-state index contributed by atoms with van der Waals surface area (Å²) in [6, 6.07) is 0.0624. The standard InChI is InChI=1S/C11H22BrNO2/c1-10(2,3)8(7-12)13-9(14)15-11(4,5)6/h8H,7H2,1-6H3,(H,13,14). The van der Waals surface area contributed by atoms with Crippen molar-refractivity contribution < 1.29 is 9.53 Å². The summed E-state index contributed by atoms with van der Waals surface area (Å²) in [5, 5.41) is 3.57. The lowest BCUT2D eigenvalue weighted by Crippen LogP contribution is -2.46. The first-order valence-corrected chi connectivity index (χ1v) is 6.24. The summed E-state index contributed by atoms with van der Waals surface area (Å²) >= 11 is 3.39. The molecule has 1 N–H and O–H groups in total. The van der Waals surface area contributed by atoms with Crippen LogP contribution in [0.4, 0.5) is 4.79 Å². The number of alkyl carbamates (subject to hydrolysis) is 1. The highest BCUT2D eigenvalue weighted by Gasteiger charge is 2.27. The van der Waals surface area contributed by atoms with Crippen LogP contribution in [0, 0.1) is 5.41 Å². The Morgan fingerprint density at radius 2 is 1.73 bits per heavy atom. The maximum atomic E-state index is 11.5. The minimum absolute atomic E-state index is 0.0143. The topological polar surface area (TPSA) is 38.3 Å². The number of hydrogen-bond donors (Lipinski definition) is 1. The van der Waals surface area contributed by atoms with Crippen molar-refractivity contribution in [3.8, 4) is 0 Å². The van der Waals surface area contributed by atoms with Crippen molar-refractivity contribution in [1.29, 1.82) is 0 Å². The fraction of sp³-hybridized carbons (Fsp3) is 0.909. The molecule has 0 fully saturated rings. The van der Waals surface area contributed by atoms with Gasteiger partial charge < -0.3 is 10.1 Å². The van der Waals surface area contributed by atoms with Crippen molar-refractivity contribution in [3.05, 3.63) is 0 Å². The molecule has 0 radical (unpaired) electrons. The maximum Gasteiger partial charge on any atom is 0.407 e. The molecule has 0 aromatic rings. The molecule has 0 aliphatic rings. The first kappa shape index (κ1) is 14.8. The smallest absolute Gasteiger partial charge is 0.407 e. The van der Waals surface area contributed by atoms with Crippen molar-refractivity contribution in [2.24, 2.45) is 5.41 Å². The van der Waals surface area contributed by atoms with E-state index in [-0.39, 0.29) is 17.6 Å². The van der Waals surface area contributed by atoms with Gasteiger partial charge in [-0.15, -0.1) is 0 Å². The third-order valence-electron chi connectivity index (χ3n) is 1.89. The molecule has 0 saturated carbocycles. The van der Waals surface area contributed by atoms with Crippen molar-refractivity contribution in [2.45, 2.75) is 53.2 Å². The number of alkyl halides is 1. The second-order valence-electron chi connectivity index (χ2n) is 5.72. The third-order valence-corrected chi connectivity index (χ3v) is 2.54. The van der Waals surface area contributed by atoms with Gasteiger partial charge in [-0.05, 0) is 26.2 Å². The van der Waals surface area contributed by atoms with E-state index in [0.717, 1.165) is 5.33 Å². The maximum absolute atomic E-state index is 11.5. The summed E-state index contributed by atoms with van der Waals surface area (Å²) in [5.74, 6) is 0. The number of ether oxygens (including phenoxy) is 1. The van der Waals surface area contributed by atoms with Crippen LogP contribution in [0.25, 0.3) is 0 Å². The van der Waals surface area contributed by atoms with Crippen LogP contribution < -0.4 is 5.32 Å². The number of halogens is 1. The molecule has 0 bridgehead atoms. The Morgan fingerprint density at radius 1 is 1.27 bits per heavy atom. The number of carbonyl (C=O) groups is 1. The van der Waals surface area contributed by atoms with Gasteiger partial charge in [0.25, 0.3) is 0 Å². The van der Waals surface area contributed by atoms with Crippen LogP contribution >= 0.6 is 15.9 Å². The highest BCUT2D eigenvalue weighted by molar-refractivity contribution is 9.09. The number of nitrogens with one attached hydrogen (secondary N) is 1. The van der Waals surface area contributed by atoms with Crippen molar-refractivity contribution in [1.82, 2.24) is 5.32 Å². The summed E-state index contributed by atoms with van der Waals surface area (Å²) in [6.07, 6.45) is -0.359. The molecule has 90 valence electrons. The Kier molecular flexibility index (Phi) is 5.10. The van der Waals surface area contributed by atoms with E-state index in [1.165, 1.54) is 0 Å². The molecular weight excluding hydrogens is 258 g/mol.